The zero-order chi connectivity index (χ0) is 19.5. The summed E-state index contributed by atoms with van der Waals surface area (Å²) in [5.41, 5.74) is 3.63. The highest BCUT2D eigenvalue weighted by Gasteiger charge is 2.15. The molecule has 1 aromatic heterocycles. The van der Waals surface area contributed by atoms with Gasteiger partial charge in [-0.15, -0.1) is 0 Å². The third-order valence-corrected chi connectivity index (χ3v) is 5.82. The molecular formula is C22H16Cl2N2OS. The standard InChI is InChI=1S/C22H16Cl2N2OS/c23-17-8-6-16(7-9-17)21(27)14-28-22-25-19-12-18(24)10-11-20(19)26(22)13-15-4-2-1-3-5-15/h1-12H,13-14H2. The monoisotopic (exact) mass is 426 g/mol. The normalized spacial score (nSPS) is 11.1. The van der Waals surface area contributed by atoms with Crippen LogP contribution in [0.2, 0.25) is 10.0 Å². The first kappa shape index (κ1) is 19.1. The summed E-state index contributed by atoms with van der Waals surface area (Å²) >= 11 is 13.5. The molecule has 0 saturated carbocycles. The van der Waals surface area contributed by atoms with E-state index in [2.05, 4.69) is 16.7 Å². The van der Waals surface area contributed by atoms with Crippen LogP contribution in [0.4, 0.5) is 0 Å². The van der Waals surface area contributed by atoms with Crippen LogP contribution in [0.3, 0.4) is 0 Å². The molecule has 0 atom stereocenters. The number of hydrogen-bond acceptors (Lipinski definition) is 3. The summed E-state index contributed by atoms with van der Waals surface area (Å²) in [6.07, 6.45) is 0. The maximum absolute atomic E-state index is 12.5. The van der Waals surface area contributed by atoms with E-state index in [0.717, 1.165) is 16.2 Å². The summed E-state index contributed by atoms with van der Waals surface area (Å²) in [6, 6.07) is 22.8. The number of ketones is 1. The maximum atomic E-state index is 12.5. The number of rotatable bonds is 6. The van der Waals surface area contributed by atoms with Crippen molar-refractivity contribution in [3.8, 4) is 0 Å². The zero-order valence-corrected chi connectivity index (χ0v) is 17.1. The number of thioether (sulfide) groups is 1. The molecule has 28 heavy (non-hydrogen) atoms. The predicted octanol–water partition coefficient (Wildman–Crippen LogP) is 6.37. The molecule has 1 heterocycles. The maximum Gasteiger partial charge on any atom is 0.173 e. The topological polar surface area (TPSA) is 34.9 Å². The molecule has 0 radical (unpaired) electrons. The molecule has 3 aromatic carbocycles. The molecule has 140 valence electrons. The molecule has 4 rings (SSSR count). The first-order valence-electron chi connectivity index (χ1n) is 8.71. The second-order valence-corrected chi connectivity index (χ2v) is 8.13. The highest BCUT2D eigenvalue weighted by atomic mass is 35.5. The van der Waals surface area contributed by atoms with E-state index in [1.165, 1.54) is 17.3 Å². The van der Waals surface area contributed by atoms with Gasteiger partial charge in [-0.3, -0.25) is 4.79 Å². The fraction of sp³-hybridized carbons (Fsp3) is 0.0909. The molecule has 6 heteroatoms. The smallest absolute Gasteiger partial charge is 0.173 e. The summed E-state index contributed by atoms with van der Waals surface area (Å²) in [4.78, 5) is 17.3. The molecule has 0 aliphatic carbocycles. The quantitative estimate of drug-likeness (QED) is 0.265. The van der Waals surface area contributed by atoms with Crippen molar-refractivity contribution in [3.05, 3.63) is 94.0 Å². The van der Waals surface area contributed by atoms with Gasteiger partial charge in [-0.2, -0.15) is 0 Å². The number of carbonyl (C=O) groups is 1. The lowest BCUT2D eigenvalue weighted by atomic mass is 10.1. The Bertz CT molecular complexity index is 1120. The van der Waals surface area contributed by atoms with Gasteiger partial charge in [0.25, 0.3) is 0 Å². The van der Waals surface area contributed by atoms with Crippen molar-refractivity contribution >= 4 is 51.8 Å². The Kier molecular flexibility index (Phi) is 5.72. The Morgan fingerprint density at radius 2 is 1.64 bits per heavy atom. The largest absolute Gasteiger partial charge is 0.314 e. The second kappa shape index (κ2) is 8.39. The molecule has 0 unspecified atom stereocenters. The lowest BCUT2D eigenvalue weighted by molar-refractivity contribution is 0.102. The van der Waals surface area contributed by atoms with Crippen LogP contribution in [0.15, 0.2) is 78.0 Å². The van der Waals surface area contributed by atoms with Crippen LogP contribution in [0.5, 0.6) is 0 Å². The fourth-order valence-electron chi connectivity index (χ4n) is 2.96. The SMILES string of the molecule is O=C(CSc1nc2cc(Cl)ccc2n1Cc1ccccc1)c1ccc(Cl)cc1. The van der Waals surface area contributed by atoms with Crippen molar-refractivity contribution in [1.82, 2.24) is 9.55 Å². The van der Waals surface area contributed by atoms with Crippen molar-refractivity contribution in [2.75, 3.05) is 5.75 Å². The number of aromatic nitrogens is 2. The highest BCUT2D eigenvalue weighted by molar-refractivity contribution is 7.99. The van der Waals surface area contributed by atoms with E-state index >= 15 is 0 Å². The Labute approximate surface area is 177 Å². The van der Waals surface area contributed by atoms with E-state index in [0.29, 0.717) is 27.9 Å². The summed E-state index contributed by atoms with van der Waals surface area (Å²) < 4.78 is 2.13. The average molecular weight is 427 g/mol. The molecule has 0 N–H and O–H groups in total. The number of benzene rings is 3. The van der Waals surface area contributed by atoms with Gasteiger partial charge in [0, 0.05) is 15.6 Å². The van der Waals surface area contributed by atoms with E-state index < -0.39 is 0 Å². The minimum absolute atomic E-state index is 0.0398. The molecule has 0 aliphatic rings. The number of nitrogens with zero attached hydrogens (tertiary/aromatic N) is 2. The zero-order valence-electron chi connectivity index (χ0n) is 14.8. The van der Waals surface area contributed by atoms with Crippen molar-refractivity contribution in [1.29, 1.82) is 0 Å². The Hall–Kier alpha value is -2.27. The summed E-state index contributed by atoms with van der Waals surface area (Å²) in [5.74, 6) is 0.339. The molecule has 0 bridgehead atoms. The van der Waals surface area contributed by atoms with Crippen molar-refractivity contribution < 1.29 is 4.79 Å². The second-order valence-electron chi connectivity index (χ2n) is 6.32. The van der Waals surface area contributed by atoms with Crippen LogP contribution in [-0.4, -0.2) is 21.1 Å². The molecule has 0 saturated heterocycles. The van der Waals surface area contributed by atoms with E-state index in [9.17, 15) is 4.79 Å². The van der Waals surface area contributed by atoms with E-state index in [4.69, 9.17) is 28.2 Å². The average Bonchev–Trinajstić information content (AvgIpc) is 3.04. The van der Waals surface area contributed by atoms with Crippen molar-refractivity contribution in [3.63, 3.8) is 0 Å². The Morgan fingerprint density at radius 1 is 0.929 bits per heavy atom. The summed E-state index contributed by atoms with van der Waals surface area (Å²) in [6.45, 7) is 0.677. The van der Waals surface area contributed by atoms with Gasteiger partial charge in [-0.1, -0.05) is 65.3 Å². The summed E-state index contributed by atoms with van der Waals surface area (Å²) in [5, 5.41) is 2.06. The third-order valence-electron chi connectivity index (χ3n) is 4.36. The first-order chi connectivity index (χ1) is 13.6. The van der Waals surface area contributed by atoms with E-state index in [1.807, 2.05) is 36.4 Å². The molecular weight excluding hydrogens is 411 g/mol. The Balaban J connectivity index is 1.62. The lowest BCUT2D eigenvalue weighted by Gasteiger charge is -2.09. The van der Waals surface area contributed by atoms with Crippen LogP contribution in [0, 0.1) is 0 Å². The molecule has 4 aromatic rings. The lowest BCUT2D eigenvalue weighted by Crippen LogP contribution is -2.05. The minimum Gasteiger partial charge on any atom is -0.314 e. The van der Waals surface area contributed by atoms with Gasteiger partial charge in [0.05, 0.1) is 23.3 Å². The van der Waals surface area contributed by atoms with Gasteiger partial charge in [0.1, 0.15) is 0 Å². The molecule has 3 nitrogen and oxygen atoms in total. The molecule has 0 fully saturated rings. The molecule has 0 aliphatic heterocycles. The van der Waals surface area contributed by atoms with Crippen LogP contribution in [0.1, 0.15) is 15.9 Å². The van der Waals surface area contributed by atoms with Crippen LogP contribution >= 0.6 is 35.0 Å². The third kappa shape index (κ3) is 4.25. The van der Waals surface area contributed by atoms with E-state index in [1.54, 1.807) is 24.3 Å². The summed E-state index contributed by atoms with van der Waals surface area (Å²) in [7, 11) is 0. The van der Waals surface area contributed by atoms with Crippen LogP contribution < -0.4 is 0 Å². The van der Waals surface area contributed by atoms with Crippen LogP contribution in [0.25, 0.3) is 11.0 Å². The van der Waals surface area contributed by atoms with Crippen LogP contribution in [-0.2, 0) is 6.54 Å². The van der Waals surface area contributed by atoms with Gasteiger partial charge >= 0.3 is 0 Å². The minimum atomic E-state index is 0.0398. The van der Waals surface area contributed by atoms with Gasteiger partial charge in [-0.05, 0) is 48.0 Å². The highest BCUT2D eigenvalue weighted by Crippen LogP contribution is 2.28. The first-order valence-corrected chi connectivity index (χ1v) is 10.5. The number of imidazole rings is 1. The predicted molar refractivity (Wildman–Crippen MR) is 117 cm³/mol. The Morgan fingerprint density at radius 3 is 2.39 bits per heavy atom. The number of Topliss-reactive ketones (excluding diaryl/α,β-unsaturated/α-hetero) is 1. The number of halogens is 2. The molecule has 0 spiro atoms. The number of hydrogen-bond donors (Lipinski definition) is 0. The molecule has 0 amide bonds. The fourth-order valence-corrected chi connectivity index (χ4v) is 4.16. The van der Waals surface area contributed by atoms with Crippen molar-refractivity contribution in [2.24, 2.45) is 0 Å². The number of fused-ring (bicyclic) bond motifs is 1. The van der Waals surface area contributed by atoms with Crippen molar-refractivity contribution in [2.45, 2.75) is 11.7 Å². The number of carbonyl (C=O) groups excluding carboxylic acids is 1. The van der Waals surface area contributed by atoms with Gasteiger partial charge in [0.2, 0.25) is 0 Å². The van der Waals surface area contributed by atoms with Gasteiger partial charge in [-0.25, -0.2) is 4.98 Å². The van der Waals surface area contributed by atoms with E-state index in [-0.39, 0.29) is 5.78 Å². The van der Waals surface area contributed by atoms with Gasteiger partial charge < -0.3 is 4.57 Å². The van der Waals surface area contributed by atoms with Gasteiger partial charge in [0.15, 0.2) is 10.9 Å².